The van der Waals surface area contributed by atoms with Crippen molar-refractivity contribution in [1.82, 2.24) is 9.80 Å². The van der Waals surface area contributed by atoms with Crippen LogP contribution in [0.25, 0.3) is 0 Å². The molecule has 2 aliphatic rings. The van der Waals surface area contributed by atoms with Crippen LogP contribution in [0.3, 0.4) is 0 Å². The highest BCUT2D eigenvalue weighted by Gasteiger charge is 2.51. The van der Waals surface area contributed by atoms with E-state index < -0.39 is 0 Å². The van der Waals surface area contributed by atoms with Gasteiger partial charge in [0.1, 0.15) is 11.7 Å². The van der Waals surface area contributed by atoms with Gasteiger partial charge < -0.3 is 9.64 Å². The first-order valence-corrected chi connectivity index (χ1v) is 6.94. The minimum Gasteiger partial charge on any atom is -0.358 e. The smallest absolute Gasteiger partial charge is 0.251 e. The SMILES string of the molecule is CCN1CC2(CN(CC(C)(C)C)C2)O[C@H](C)C1=O. The summed E-state index contributed by atoms with van der Waals surface area (Å²) in [4.78, 5) is 16.2. The van der Waals surface area contributed by atoms with Crippen molar-refractivity contribution < 1.29 is 9.53 Å². The summed E-state index contributed by atoms with van der Waals surface area (Å²) in [6, 6.07) is 0. The second-order valence-corrected chi connectivity index (χ2v) is 7.00. The molecular formula is C14H26N2O2. The van der Waals surface area contributed by atoms with Gasteiger partial charge in [0.25, 0.3) is 5.91 Å². The number of rotatable bonds is 2. The Kier molecular flexibility index (Phi) is 3.45. The van der Waals surface area contributed by atoms with Crippen LogP contribution in [0.2, 0.25) is 0 Å². The molecule has 0 aromatic carbocycles. The molecule has 0 aromatic heterocycles. The Balaban J connectivity index is 1.94. The summed E-state index contributed by atoms with van der Waals surface area (Å²) in [6.45, 7) is 15.2. The highest BCUT2D eigenvalue weighted by molar-refractivity contribution is 5.81. The number of nitrogens with zero attached hydrogens (tertiary/aromatic N) is 2. The average Bonchev–Trinajstić information content (AvgIpc) is 2.18. The van der Waals surface area contributed by atoms with Gasteiger partial charge in [0.2, 0.25) is 0 Å². The molecular weight excluding hydrogens is 228 g/mol. The molecule has 2 fully saturated rings. The Morgan fingerprint density at radius 3 is 2.44 bits per heavy atom. The van der Waals surface area contributed by atoms with Gasteiger partial charge in [-0.15, -0.1) is 0 Å². The molecule has 104 valence electrons. The highest BCUT2D eigenvalue weighted by atomic mass is 16.5. The summed E-state index contributed by atoms with van der Waals surface area (Å²) in [7, 11) is 0. The summed E-state index contributed by atoms with van der Waals surface area (Å²) >= 11 is 0. The number of hydrogen-bond acceptors (Lipinski definition) is 3. The third kappa shape index (κ3) is 2.69. The number of likely N-dealkylation sites (tertiary alicyclic amines) is 1. The second kappa shape index (κ2) is 4.49. The van der Waals surface area contributed by atoms with Crippen LogP contribution in [0.15, 0.2) is 0 Å². The number of carbonyl (C=O) groups excluding carboxylic acids is 1. The molecule has 4 nitrogen and oxygen atoms in total. The van der Waals surface area contributed by atoms with E-state index in [1.54, 1.807) is 0 Å². The van der Waals surface area contributed by atoms with E-state index in [1.165, 1.54) is 0 Å². The van der Waals surface area contributed by atoms with Crippen molar-refractivity contribution in [3.8, 4) is 0 Å². The fourth-order valence-electron chi connectivity index (χ4n) is 3.14. The number of morpholine rings is 1. The van der Waals surface area contributed by atoms with Gasteiger partial charge in [-0.05, 0) is 19.3 Å². The Morgan fingerprint density at radius 1 is 1.33 bits per heavy atom. The molecule has 2 heterocycles. The average molecular weight is 254 g/mol. The predicted molar refractivity (Wildman–Crippen MR) is 71.4 cm³/mol. The molecule has 0 unspecified atom stereocenters. The van der Waals surface area contributed by atoms with Crippen LogP contribution in [-0.2, 0) is 9.53 Å². The number of carbonyl (C=O) groups is 1. The van der Waals surface area contributed by atoms with Crippen LogP contribution < -0.4 is 0 Å². The summed E-state index contributed by atoms with van der Waals surface area (Å²) in [5.41, 5.74) is 0.219. The molecule has 1 spiro atoms. The zero-order chi connectivity index (χ0) is 13.6. The van der Waals surface area contributed by atoms with Crippen LogP contribution in [0.1, 0.15) is 34.6 Å². The lowest BCUT2D eigenvalue weighted by atomic mass is 9.87. The van der Waals surface area contributed by atoms with Gasteiger partial charge in [-0.2, -0.15) is 0 Å². The van der Waals surface area contributed by atoms with Crippen molar-refractivity contribution in [3.63, 3.8) is 0 Å². The zero-order valence-corrected chi connectivity index (χ0v) is 12.3. The fraction of sp³-hybridized carbons (Fsp3) is 0.929. The molecule has 0 aromatic rings. The van der Waals surface area contributed by atoms with Crippen molar-refractivity contribution in [1.29, 1.82) is 0 Å². The van der Waals surface area contributed by atoms with Gasteiger partial charge in [-0.25, -0.2) is 0 Å². The lowest BCUT2D eigenvalue weighted by Gasteiger charge is -2.56. The maximum Gasteiger partial charge on any atom is 0.251 e. The Bertz CT molecular complexity index is 329. The molecule has 2 rings (SSSR count). The third-order valence-electron chi connectivity index (χ3n) is 3.67. The van der Waals surface area contributed by atoms with Gasteiger partial charge in [0, 0.05) is 26.2 Å². The van der Waals surface area contributed by atoms with Gasteiger partial charge in [0.15, 0.2) is 0 Å². The van der Waals surface area contributed by atoms with Crippen LogP contribution in [0.4, 0.5) is 0 Å². The van der Waals surface area contributed by atoms with Crippen molar-refractivity contribution >= 4 is 5.91 Å². The first-order valence-electron chi connectivity index (χ1n) is 6.94. The molecule has 2 saturated heterocycles. The van der Waals surface area contributed by atoms with E-state index in [-0.39, 0.29) is 17.6 Å². The van der Waals surface area contributed by atoms with E-state index in [1.807, 2.05) is 18.7 Å². The molecule has 1 atom stereocenters. The van der Waals surface area contributed by atoms with Crippen molar-refractivity contribution in [3.05, 3.63) is 0 Å². The Hall–Kier alpha value is -0.610. The first kappa shape index (κ1) is 13.8. The van der Waals surface area contributed by atoms with E-state index in [0.717, 1.165) is 32.7 Å². The standard InChI is InChI=1S/C14H26N2O2/c1-6-16-10-14(18-11(2)12(16)17)8-15(9-14)7-13(3,4)5/h11H,6-10H2,1-5H3/t11-/m1/s1. The lowest BCUT2D eigenvalue weighted by molar-refractivity contribution is -0.216. The van der Waals surface area contributed by atoms with Crippen LogP contribution >= 0.6 is 0 Å². The summed E-state index contributed by atoms with van der Waals surface area (Å²) in [6.07, 6.45) is -0.282. The molecule has 0 radical (unpaired) electrons. The van der Waals surface area contributed by atoms with Crippen LogP contribution in [0.5, 0.6) is 0 Å². The fourth-order valence-corrected chi connectivity index (χ4v) is 3.14. The second-order valence-electron chi connectivity index (χ2n) is 7.00. The van der Waals surface area contributed by atoms with Crippen molar-refractivity contribution in [2.75, 3.05) is 32.7 Å². The number of amides is 1. The maximum absolute atomic E-state index is 11.9. The molecule has 0 N–H and O–H groups in total. The first-order chi connectivity index (χ1) is 8.25. The third-order valence-corrected chi connectivity index (χ3v) is 3.67. The minimum atomic E-state index is -0.282. The largest absolute Gasteiger partial charge is 0.358 e. The van der Waals surface area contributed by atoms with Crippen LogP contribution in [0, 0.1) is 5.41 Å². The molecule has 4 heteroatoms. The van der Waals surface area contributed by atoms with E-state index in [9.17, 15) is 4.79 Å². The van der Waals surface area contributed by atoms with Gasteiger partial charge in [0.05, 0.1) is 6.54 Å². The number of ether oxygens (including phenoxy) is 1. The molecule has 2 aliphatic heterocycles. The quantitative estimate of drug-likeness (QED) is 0.746. The van der Waals surface area contributed by atoms with Crippen LogP contribution in [-0.4, -0.2) is 60.1 Å². The molecule has 0 saturated carbocycles. The van der Waals surface area contributed by atoms with E-state index in [4.69, 9.17) is 4.74 Å². The number of likely N-dealkylation sites (N-methyl/N-ethyl adjacent to an activating group) is 1. The Morgan fingerprint density at radius 2 is 1.94 bits per heavy atom. The van der Waals surface area contributed by atoms with Gasteiger partial charge in [-0.1, -0.05) is 20.8 Å². The predicted octanol–water partition coefficient (Wildman–Crippen LogP) is 1.35. The minimum absolute atomic E-state index is 0.103. The Labute approximate surface area is 110 Å². The normalized spacial score (nSPS) is 28.6. The topological polar surface area (TPSA) is 32.8 Å². The summed E-state index contributed by atoms with van der Waals surface area (Å²) in [5, 5.41) is 0. The van der Waals surface area contributed by atoms with Crippen molar-refractivity contribution in [2.45, 2.75) is 46.3 Å². The highest BCUT2D eigenvalue weighted by Crippen LogP contribution is 2.33. The van der Waals surface area contributed by atoms with Crippen molar-refractivity contribution in [2.24, 2.45) is 5.41 Å². The maximum atomic E-state index is 11.9. The zero-order valence-electron chi connectivity index (χ0n) is 12.3. The van der Waals surface area contributed by atoms with Gasteiger partial charge in [-0.3, -0.25) is 9.69 Å². The lowest BCUT2D eigenvalue weighted by Crippen LogP contribution is -2.73. The summed E-state index contributed by atoms with van der Waals surface area (Å²) in [5.74, 6) is 0.136. The summed E-state index contributed by atoms with van der Waals surface area (Å²) < 4.78 is 5.97. The van der Waals surface area contributed by atoms with Gasteiger partial charge >= 0.3 is 0 Å². The monoisotopic (exact) mass is 254 g/mol. The van der Waals surface area contributed by atoms with E-state index in [0.29, 0.717) is 5.41 Å². The molecule has 1 amide bonds. The number of hydrogen-bond donors (Lipinski definition) is 0. The molecule has 0 aliphatic carbocycles. The molecule has 0 bridgehead atoms. The molecule has 18 heavy (non-hydrogen) atoms. The van der Waals surface area contributed by atoms with E-state index >= 15 is 0 Å². The van der Waals surface area contributed by atoms with E-state index in [2.05, 4.69) is 25.7 Å².